The van der Waals surface area contributed by atoms with Crippen LogP contribution in [0.2, 0.25) is 0 Å². The number of carbonyl (C=O) groups is 2. The van der Waals surface area contributed by atoms with E-state index in [0.717, 1.165) is 17.1 Å². The van der Waals surface area contributed by atoms with Crippen LogP contribution in [-0.2, 0) is 16.0 Å². The highest BCUT2D eigenvalue weighted by atomic mass is 16.5. The Morgan fingerprint density at radius 3 is 2.87 bits per heavy atom. The number of nitrogens with zero attached hydrogens (tertiary/aromatic N) is 1. The first-order valence-electron chi connectivity index (χ1n) is 7.75. The van der Waals surface area contributed by atoms with Crippen LogP contribution in [0.5, 0.6) is 11.5 Å². The Bertz CT molecular complexity index is 644. The lowest BCUT2D eigenvalue weighted by Crippen LogP contribution is -2.41. The maximum atomic E-state index is 12.7. The van der Waals surface area contributed by atoms with Crippen LogP contribution in [0.4, 0.5) is 0 Å². The summed E-state index contributed by atoms with van der Waals surface area (Å²) in [6.07, 6.45) is 1.11. The number of hydrogen-bond donors (Lipinski definition) is 1. The van der Waals surface area contributed by atoms with Crippen molar-refractivity contribution in [2.45, 2.75) is 19.8 Å². The maximum Gasteiger partial charge on any atom is 0.311 e. The minimum Gasteiger partial charge on any atom is -0.497 e. The van der Waals surface area contributed by atoms with Gasteiger partial charge in [-0.15, -0.1) is 0 Å². The molecule has 2 aliphatic heterocycles. The molecule has 124 valence electrons. The summed E-state index contributed by atoms with van der Waals surface area (Å²) in [6.45, 7) is 2.78. The Morgan fingerprint density at radius 1 is 1.43 bits per heavy atom. The fourth-order valence-corrected chi connectivity index (χ4v) is 3.22. The second-order valence-electron chi connectivity index (χ2n) is 6.56. The SMILES string of the molecule is COc1ccc2c(c1)OC[C@H](C(=O)N1CC[C@@](C)(C(=O)O)C1)C2. The van der Waals surface area contributed by atoms with E-state index < -0.39 is 11.4 Å². The van der Waals surface area contributed by atoms with Gasteiger partial charge < -0.3 is 19.5 Å². The number of methoxy groups -OCH3 is 1. The van der Waals surface area contributed by atoms with Crippen LogP contribution in [-0.4, -0.2) is 48.7 Å². The lowest BCUT2D eigenvalue weighted by atomic mass is 9.90. The Balaban J connectivity index is 1.69. The summed E-state index contributed by atoms with van der Waals surface area (Å²) in [7, 11) is 1.60. The molecule has 2 aliphatic rings. The van der Waals surface area contributed by atoms with Gasteiger partial charge in [0.15, 0.2) is 0 Å². The van der Waals surface area contributed by atoms with E-state index in [1.165, 1.54) is 0 Å². The van der Waals surface area contributed by atoms with Crippen molar-refractivity contribution in [1.82, 2.24) is 4.90 Å². The van der Waals surface area contributed by atoms with E-state index in [4.69, 9.17) is 9.47 Å². The van der Waals surface area contributed by atoms with Crippen molar-refractivity contribution >= 4 is 11.9 Å². The standard InChI is InChI=1S/C17H21NO5/c1-17(16(20)21)5-6-18(10-17)15(19)12-7-11-3-4-13(22-2)8-14(11)23-9-12/h3-4,8,12H,5-7,9-10H2,1-2H3,(H,20,21)/t12-,17-/m1/s1. The monoisotopic (exact) mass is 319 g/mol. The molecule has 23 heavy (non-hydrogen) atoms. The van der Waals surface area contributed by atoms with E-state index in [9.17, 15) is 14.7 Å². The molecule has 0 spiro atoms. The van der Waals surface area contributed by atoms with Crippen molar-refractivity contribution in [2.24, 2.45) is 11.3 Å². The summed E-state index contributed by atoms with van der Waals surface area (Å²) < 4.78 is 10.9. The number of fused-ring (bicyclic) bond motifs is 1. The third-order valence-electron chi connectivity index (χ3n) is 4.83. The number of likely N-dealkylation sites (tertiary alicyclic amines) is 1. The maximum absolute atomic E-state index is 12.7. The summed E-state index contributed by atoms with van der Waals surface area (Å²) in [5.41, 5.74) is 0.145. The summed E-state index contributed by atoms with van der Waals surface area (Å²) in [6, 6.07) is 5.60. The molecule has 2 heterocycles. The molecule has 0 saturated carbocycles. The van der Waals surface area contributed by atoms with Gasteiger partial charge in [-0.2, -0.15) is 0 Å². The smallest absolute Gasteiger partial charge is 0.311 e. The number of carbonyl (C=O) groups excluding carboxylic acids is 1. The molecular formula is C17H21NO5. The van der Waals surface area contributed by atoms with Crippen molar-refractivity contribution in [3.05, 3.63) is 23.8 Å². The number of amides is 1. The molecule has 2 atom stereocenters. The fourth-order valence-electron chi connectivity index (χ4n) is 3.22. The van der Waals surface area contributed by atoms with Crippen molar-refractivity contribution in [3.63, 3.8) is 0 Å². The highest BCUT2D eigenvalue weighted by Crippen LogP contribution is 2.34. The van der Waals surface area contributed by atoms with Gasteiger partial charge in [-0.1, -0.05) is 6.07 Å². The topological polar surface area (TPSA) is 76.1 Å². The van der Waals surface area contributed by atoms with Crippen molar-refractivity contribution in [2.75, 3.05) is 26.8 Å². The molecule has 1 aromatic carbocycles. The average molecular weight is 319 g/mol. The Kier molecular flexibility index (Phi) is 3.92. The quantitative estimate of drug-likeness (QED) is 0.915. The molecule has 0 aliphatic carbocycles. The van der Waals surface area contributed by atoms with Gasteiger partial charge in [0.2, 0.25) is 5.91 Å². The summed E-state index contributed by atoms with van der Waals surface area (Å²) in [4.78, 5) is 25.7. The second kappa shape index (κ2) is 5.76. The average Bonchev–Trinajstić information content (AvgIpc) is 2.97. The van der Waals surface area contributed by atoms with Gasteiger partial charge in [0.1, 0.15) is 18.1 Å². The van der Waals surface area contributed by atoms with E-state index in [1.54, 1.807) is 18.9 Å². The third kappa shape index (κ3) is 2.85. The van der Waals surface area contributed by atoms with Crippen molar-refractivity contribution < 1.29 is 24.2 Å². The number of aliphatic carboxylic acids is 1. The van der Waals surface area contributed by atoms with E-state index in [2.05, 4.69) is 0 Å². The Labute approximate surface area is 135 Å². The minimum absolute atomic E-state index is 0.0172. The first-order chi connectivity index (χ1) is 10.9. The van der Waals surface area contributed by atoms with Crippen LogP contribution in [0.15, 0.2) is 18.2 Å². The summed E-state index contributed by atoms with van der Waals surface area (Å²) in [5.74, 6) is 0.365. The Hall–Kier alpha value is -2.24. The summed E-state index contributed by atoms with van der Waals surface area (Å²) in [5, 5.41) is 9.29. The van der Waals surface area contributed by atoms with Crippen LogP contribution >= 0.6 is 0 Å². The van der Waals surface area contributed by atoms with Gasteiger partial charge in [0, 0.05) is 19.2 Å². The van der Waals surface area contributed by atoms with Gasteiger partial charge in [-0.05, 0) is 31.4 Å². The number of ether oxygens (including phenoxy) is 2. The first-order valence-corrected chi connectivity index (χ1v) is 7.75. The van der Waals surface area contributed by atoms with Gasteiger partial charge in [-0.25, -0.2) is 0 Å². The number of carboxylic acid groups (broad SMARTS) is 1. The van der Waals surface area contributed by atoms with Gasteiger partial charge in [0.05, 0.1) is 18.4 Å². The predicted octanol–water partition coefficient (Wildman–Crippen LogP) is 1.57. The molecule has 1 fully saturated rings. The lowest BCUT2D eigenvalue weighted by molar-refractivity contribution is -0.147. The zero-order valence-electron chi connectivity index (χ0n) is 13.4. The zero-order valence-corrected chi connectivity index (χ0v) is 13.4. The van der Waals surface area contributed by atoms with Gasteiger partial charge in [-0.3, -0.25) is 9.59 Å². The molecule has 0 aromatic heterocycles. The largest absolute Gasteiger partial charge is 0.497 e. The molecule has 0 bridgehead atoms. The van der Waals surface area contributed by atoms with E-state index in [0.29, 0.717) is 26.0 Å². The highest BCUT2D eigenvalue weighted by molar-refractivity contribution is 5.82. The third-order valence-corrected chi connectivity index (χ3v) is 4.83. The van der Waals surface area contributed by atoms with Crippen LogP contribution < -0.4 is 9.47 Å². The molecule has 1 saturated heterocycles. The van der Waals surface area contributed by atoms with E-state index >= 15 is 0 Å². The number of rotatable bonds is 3. The highest BCUT2D eigenvalue weighted by Gasteiger charge is 2.43. The first kappa shape index (κ1) is 15.6. The van der Waals surface area contributed by atoms with Gasteiger partial charge in [0.25, 0.3) is 0 Å². The lowest BCUT2D eigenvalue weighted by Gasteiger charge is -2.29. The van der Waals surface area contributed by atoms with Crippen LogP contribution in [0.25, 0.3) is 0 Å². The minimum atomic E-state index is -0.842. The van der Waals surface area contributed by atoms with Crippen molar-refractivity contribution in [3.8, 4) is 11.5 Å². The fraction of sp³-hybridized carbons (Fsp3) is 0.529. The number of hydrogen-bond acceptors (Lipinski definition) is 4. The van der Waals surface area contributed by atoms with Crippen LogP contribution in [0, 0.1) is 11.3 Å². The number of benzene rings is 1. The van der Waals surface area contributed by atoms with Crippen LogP contribution in [0.3, 0.4) is 0 Å². The van der Waals surface area contributed by atoms with E-state index in [-0.39, 0.29) is 18.4 Å². The zero-order chi connectivity index (χ0) is 16.6. The van der Waals surface area contributed by atoms with Crippen molar-refractivity contribution in [1.29, 1.82) is 0 Å². The number of carboxylic acids is 1. The predicted molar refractivity (Wildman–Crippen MR) is 82.6 cm³/mol. The molecule has 1 amide bonds. The molecule has 0 unspecified atom stereocenters. The Morgan fingerprint density at radius 2 is 2.22 bits per heavy atom. The van der Waals surface area contributed by atoms with Crippen LogP contribution in [0.1, 0.15) is 18.9 Å². The molecule has 3 rings (SSSR count). The summed E-state index contributed by atoms with van der Waals surface area (Å²) >= 11 is 0. The van der Waals surface area contributed by atoms with E-state index in [1.807, 2.05) is 18.2 Å². The van der Waals surface area contributed by atoms with Gasteiger partial charge >= 0.3 is 5.97 Å². The molecule has 6 heteroatoms. The molecule has 6 nitrogen and oxygen atoms in total. The molecule has 1 aromatic rings. The molecular weight excluding hydrogens is 298 g/mol. The molecule has 0 radical (unpaired) electrons. The molecule has 1 N–H and O–H groups in total. The normalized spacial score (nSPS) is 26.3. The second-order valence-corrected chi connectivity index (χ2v) is 6.56.